The molecule has 1 aromatic rings. The summed E-state index contributed by atoms with van der Waals surface area (Å²) in [5.41, 5.74) is -0.618. The lowest BCUT2D eigenvalue weighted by molar-refractivity contribution is 0.0218. The molecule has 1 saturated carbocycles. The molecule has 0 spiro atoms. The summed E-state index contributed by atoms with van der Waals surface area (Å²) in [7, 11) is 1.68. The fourth-order valence-electron chi connectivity index (χ4n) is 2.79. The van der Waals surface area contributed by atoms with Gasteiger partial charge in [-0.1, -0.05) is 0 Å². The molecule has 0 aromatic heterocycles. The minimum atomic E-state index is -0.567. The summed E-state index contributed by atoms with van der Waals surface area (Å²) in [6.45, 7) is 5.42. The molecule has 140 valence electrons. The van der Waals surface area contributed by atoms with Gasteiger partial charge in [0, 0.05) is 25.6 Å². The maximum Gasteiger partial charge on any atom is 0.410 e. The second-order valence-corrected chi connectivity index (χ2v) is 7.20. The first kappa shape index (κ1) is 19.3. The van der Waals surface area contributed by atoms with Crippen molar-refractivity contribution < 1.29 is 29.1 Å². The Morgan fingerprint density at radius 1 is 1.28 bits per heavy atom. The molecular weight excluding hydrogens is 331 g/mol. The van der Waals surface area contributed by atoms with Crippen molar-refractivity contribution >= 4 is 11.8 Å². The van der Waals surface area contributed by atoms with Gasteiger partial charge >= 0.3 is 6.09 Å². The zero-order chi connectivity index (χ0) is 18.8. The predicted octanol–water partition coefficient (Wildman–Crippen LogP) is 3.58. The van der Waals surface area contributed by atoms with Crippen LogP contribution in [0.5, 0.6) is 5.75 Å². The molecule has 1 aliphatic rings. The van der Waals surface area contributed by atoms with Gasteiger partial charge in [-0.25, -0.2) is 9.18 Å². The monoisotopic (exact) mass is 356 g/mol. The molecule has 1 amide bonds. The van der Waals surface area contributed by atoms with Crippen LogP contribution >= 0.6 is 0 Å². The zero-order valence-electron chi connectivity index (χ0n) is 14.9. The second kappa shape index (κ2) is 7.45. The van der Waals surface area contributed by atoms with Gasteiger partial charge in [-0.3, -0.25) is 10.4 Å². The minimum absolute atomic E-state index is 0.0376. The Labute approximate surface area is 146 Å². The number of rotatable bonds is 4. The Balaban J connectivity index is 2.00. The predicted molar refractivity (Wildman–Crippen MR) is 88.5 cm³/mol. The molecular formula is C17H25FN2O5. The van der Waals surface area contributed by atoms with Crippen molar-refractivity contribution in [3.63, 3.8) is 0 Å². The van der Waals surface area contributed by atoms with Crippen LogP contribution in [0, 0.1) is 5.82 Å². The SMILES string of the molecule is CN(C(=O)OC(C)(C)C)C1CCC(Oc2cc(F)ccc2N(O)O)C1. The number of carbonyl (C=O) groups excluding carboxylic acids is 1. The highest BCUT2D eigenvalue weighted by atomic mass is 19.1. The second-order valence-electron chi connectivity index (χ2n) is 7.20. The third-order valence-electron chi connectivity index (χ3n) is 4.02. The van der Waals surface area contributed by atoms with E-state index in [1.807, 2.05) is 0 Å². The molecule has 2 unspecified atom stereocenters. The van der Waals surface area contributed by atoms with E-state index in [9.17, 15) is 19.6 Å². The Bertz CT molecular complexity index is 618. The number of halogens is 1. The summed E-state index contributed by atoms with van der Waals surface area (Å²) >= 11 is 0. The summed E-state index contributed by atoms with van der Waals surface area (Å²) in [4.78, 5) is 13.7. The molecule has 7 nitrogen and oxygen atoms in total. The fraction of sp³-hybridized carbons (Fsp3) is 0.588. The Morgan fingerprint density at radius 3 is 2.56 bits per heavy atom. The number of nitrogens with zero attached hydrogens (tertiary/aromatic N) is 2. The largest absolute Gasteiger partial charge is 0.488 e. The van der Waals surface area contributed by atoms with Crippen molar-refractivity contribution in [3.8, 4) is 5.75 Å². The first-order valence-corrected chi connectivity index (χ1v) is 8.16. The molecule has 1 aliphatic carbocycles. The quantitative estimate of drug-likeness (QED) is 0.803. The molecule has 1 fully saturated rings. The van der Waals surface area contributed by atoms with E-state index in [1.54, 1.807) is 32.7 Å². The maximum atomic E-state index is 13.4. The molecule has 0 heterocycles. The molecule has 8 heteroatoms. The van der Waals surface area contributed by atoms with Gasteiger partial charge in [0.2, 0.25) is 0 Å². The van der Waals surface area contributed by atoms with Crippen LogP contribution in [0.2, 0.25) is 0 Å². The lowest BCUT2D eigenvalue weighted by Gasteiger charge is -2.28. The van der Waals surface area contributed by atoms with Crippen LogP contribution in [0.25, 0.3) is 0 Å². The number of amides is 1. The van der Waals surface area contributed by atoms with Crippen LogP contribution in [0.4, 0.5) is 14.9 Å². The maximum absolute atomic E-state index is 13.4. The molecule has 0 aliphatic heterocycles. The Kier molecular flexibility index (Phi) is 5.74. The minimum Gasteiger partial charge on any atom is -0.488 e. The third-order valence-corrected chi connectivity index (χ3v) is 4.02. The van der Waals surface area contributed by atoms with E-state index in [0.717, 1.165) is 12.1 Å². The van der Waals surface area contributed by atoms with Crippen LogP contribution in [0.3, 0.4) is 0 Å². The topological polar surface area (TPSA) is 82.5 Å². The van der Waals surface area contributed by atoms with Gasteiger partial charge in [0.1, 0.15) is 23.2 Å². The normalized spacial score (nSPS) is 20.3. The number of anilines is 1. The number of benzene rings is 1. The van der Waals surface area contributed by atoms with Crippen molar-refractivity contribution in [2.24, 2.45) is 0 Å². The van der Waals surface area contributed by atoms with Crippen molar-refractivity contribution in [2.45, 2.75) is 57.8 Å². The lowest BCUT2D eigenvalue weighted by Crippen LogP contribution is -2.40. The van der Waals surface area contributed by atoms with E-state index in [1.165, 1.54) is 6.07 Å². The van der Waals surface area contributed by atoms with Gasteiger partial charge in [0.25, 0.3) is 0 Å². The molecule has 2 N–H and O–H groups in total. The van der Waals surface area contributed by atoms with E-state index in [4.69, 9.17) is 9.47 Å². The highest BCUT2D eigenvalue weighted by Gasteiger charge is 2.33. The zero-order valence-corrected chi connectivity index (χ0v) is 14.9. The summed E-state index contributed by atoms with van der Waals surface area (Å²) in [6.07, 6.45) is 1.25. The van der Waals surface area contributed by atoms with Gasteiger partial charge in [-0.2, -0.15) is 0 Å². The molecule has 2 atom stereocenters. The first-order valence-electron chi connectivity index (χ1n) is 8.16. The highest BCUT2D eigenvalue weighted by Crippen LogP contribution is 2.33. The van der Waals surface area contributed by atoms with E-state index >= 15 is 0 Å². The van der Waals surface area contributed by atoms with E-state index < -0.39 is 17.5 Å². The molecule has 2 rings (SSSR count). The van der Waals surface area contributed by atoms with Gasteiger partial charge < -0.3 is 14.4 Å². The molecule has 0 radical (unpaired) electrons. The molecule has 25 heavy (non-hydrogen) atoms. The Morgan fingerprint density at radius 2 is 1.96 bits per heavy atom. The van der Waals surface area contributed by atoms with Gasteiger partial charge in [0.15, 0.2) is 5.75 Å². The summed E-state index contributed by atoms with van der Waals surface area (Å²) in [5.74, 6) is -0.503. The molecule has 0 bridgehead atoms. The number of hydrogen-bond donors (Lipinski definition) is 2. The highest BCUT2D eigenvalue weighted by molar-refractivity contribution is 5.68. The average Bonchev–Trinajstić information content (AvgIpc) is 2.92. The summed E-state index contributed by atoms with van der Waals surface area (Å²) in [5, 5.41) is 18.3. The molecule has 1 aromatic carbocycles. The third kappa shape index (κ3) is 5.20. The smallest absolute Gasteiger partial charge is 0.410 e. The van der Waals surface area contributed by atoms with Crippen LogP contribution in [0.15, 0.2) is 18.2 Å². The van der Waals surface area contributed by atoms with Crippen LogP contribution in [-0.2, 0) is 4.74 Å². The number of ether oxygens (including phenoxy) is 2. The van der Waals surface area contributed by atoms with Gasteiger partial charge in [-0.05, 0) is 45.7 Å². The van der Waals surface area contributed by atoms with Crippen molar-refractivity contribution in [1.29, 1.82) is 0 Å². The van der Waals surface area contributed by atoms with Gasteiger partial charge in [-0.15, -0.1) is 5.23 Å². The van der Waals surface area contributed by atoms with Crippen molar-refractivity contribution in [3.05, 3.63) is 24.0 Å². The van der Waals surface area contributed by atoms with Crippen molar-refractivity contribution in [1.82, 2.24) is 4.90 Å². The summed E-state index contributed by atoms with van der Waals surface area (Å²) in [6, 6.07) is 3.36. The number of hydrogen-bond acceptors (Lipinski definition) is 6. The first-order chi connectivity index (χ1) is 11.6. The van der Waals surface area contributed by atoms with Crippen molar-refractivity contribution in [2.75, 3.05) is 12.3 Å². The van der Waals surface area contributed by atoms with E-state index in [2.05, 4.69) is 0 Å². The van der Waals surface area contributed by atoms with E-state index in [-0.39, 0.29) is 28.8 Å². The van der Waals surface area contributed by atoms with Crippen LogP contribution in [-0.4, -0.2) is 46.2 Å². The van der Waals surface area contributed by atoms with Crippen LogP contribution < -0.4 is 9.96 Å². The lowest BCUT2D eigenvalue weighted by atomic mass is 10.2. The van der Waals surface area contributed by atoms with E-state index in [0.29, 0.717) is 19.3 Å². The standard InChI is InChI=1S/C17H25FN2O5/c1-17(2,3)25-16(21)19(4)12-6-7-13(10-12)24-15-9-11(18)5-8-14(15)20(22)23/h5,8-9,12-13,22-23H,6-7,10H2,1-4H3. The number of carbonyl (C=O) groups is 1. The average molecular weight is 356 g/mol. The molecule has 0 saturated heterocycles. The summed E-state index contributed by atoms with van der Waals surface area (Å²) < 4.78 is 24.5. The van der Waals surface area contributed by atoms with Gasteiger partial charge in [0.05, 0.1) is 0 Å². The fourth-order valence-corrected chi connectivity index (χ4v) is 2.79. The Hall–Kier alpha value is -2.06. The van der Waals surface area contributed by atoms with Crippen LogP contribution in [0.1, 0.15) is 40.0 Å².